The normalized spacial score (nSPS) is 25.2. The number of amides is 1. The van der Waals surface area contributed by atoms with Gasteiger partial charge in [-0.1, -0.05) is 0 Å². The first-order chi connectivity index (χ1) is 7.86. The lowest BCUT2D eigenvalue weighted by Gasteiger charge is -2.31. The number of hydrogen-bond acceptors (Lipinski definition) is 4. The smallest absolute Gasteiger partial charge is 0.468 e. The molecule has 1 saturated heterocycles. The van der Waals surface area contributed by atoms with Crippen LogP contribution in [0.25, 0.3) is 0 Å². The van der Waals surface area contributed by atoms with Crippen molar-refractivity contribution in [3.8, 4) is 0 Å². The van der Waals surface area contributed by atoms with Crippen molar-refractivity contribution < 1.29 is 27.5 Å². The number of piperidine rings is 1. The van der Waals surface area contributed by atoms with Gasteiger partial charge < -0.3 is 15.4 Å². The van der Waals surface area contributed by atoms with Gasteiger partial charge in [0.25, 0.3) is 0 Å². The van der Waals surface area contributed by atoms with Crippen LogP contribution in [0.5, 0.6) is 0 Å². The van der Waals surface area contributed by atoms with E-state index >= 15 is 0 Å². The number of alkyl halides is 3. The Hall–Kier alpha value is -1.31. The molecule has 2 N–H and O–H groups in total. The van der Waals surface area contributed by atoms with Crippen LogP contribution in [0.1, 0.15) is 12.8 Å². The van der Waals surface area contributed by atoms with Crippen molar-refractivity contribution >= 4 is 11.9 Å². The first kappa shape index (κ1) is 13.8. The van der Waals surface area contributed by atoms with Gasteiger partial charge in [0.2, 0.25) is 0 Å². The van der Waals surface area contributed by atoms with E-state index in [-0.39, 0.29) is 0 Å². The zero-order valence-electron chi connectivity index (χ0n) is 9.13. The molecule has 98 valence electrons. The van der Waals surface area contributed by atoms with E-state index in [4.69, 9.17) is 0 Å². The van der Waals surface area contributed by atoms with Crippen LogP contribution < -0.4 is 10.6 Å². The minimum absolute atomic E-state index is 0.300. The maximum absolute atomic E-state index is 12.1. The SMILES string of the molecule is COC(=O)[C@@H]1NCCC[C@H]1NC(=O)C(F)(F)F. The van der Waals surface area contributed by atoms with E-state index in [0.717, 1.165) is 7.11 Å². The quantitative estimate of drug-likeness (QED) is 0.678. The molecule has 0 radical (unpaired) electrons. The maximum atomic E-state index is 12.1. The number of carbonyl (C=O) groups is 2. The Morgan fingerprint density at radius 3 is 2.59 bits per heavy atom. The summed E-state index contributed by atoms with van der Waals surface area (Å²) in [6.45, 7) is 0.498. The van der Waals surface area contributed by atoms with Gasteiger partial charge in [-0.3, -0.25) is 9.59 Å². The molecule has 17 heavy (non-hydrogen) atoms. The number of nitrogens with one attached hydrogen (secondary N) is 2. The predicted octanol–water partition coefficient (Wildman–Crippen LogP) is -0.0415. The summed E-state index contributed by atoms with van der Waals surface area (Å²) in [6.07, 6.45) is -4.07. The Kier molecular flexibility index (Phi) is 4.33. The zero-order chi connectivity index (χ0) is 13.1. The van der Waals surface area contributed by atoms with Crippen LogP contribution in [-0.2, 0) is 14.3 Å². The highest BCUT2D eigenvalue weighted by molar-refractivity contribution is 5.84. The second kappa shape index (κ2) is 5.35. The van der Waals surface area contributed by atoms with Crippen LogP contribution in [0.15, 0.2) is 0 Å². The van der Waals surface area contributed by atoms with Crippen molar-refractivity contribution in [2.75, 3.05) is 13.7 Å². The molecule has 0 bridgehead atoms. The molecular weight excluding hydrogens is 241 g/mol. The molecule has 0 saturated carbocycles. The molecule has 1 rings (SSSR count). The van der Waals surface area contributed by atoms with Gasteiger partial charge in [-0.15, -0.1) is 0 Å². The van der Waals surface area contributed by atoms with Gasteiger partial charge in [0.05, 0.1) is 13.2 Å². The Morgan fingerprint density at radius 2 is 2.06 bits per heavy atom. The van der Waals surface area contributed by atoms with Gasteiger partial charge in [-0.05, 0) is 19.4 Å². The van der Waals surface area contributed by atoms with Crippen molar-refractivity contribution in [3.63, 3.8) is 0 Å². The van der Waals surface area contributed by atoms with E-state index in [1.54, 1.807) is 5.32 Å². The number of esters is 1. The summed E-state index contributed by atoms with van der Waals surface area (Å²) < 4.78 is 40.6. The molecule has 0 aromatic carbocycles. The summed E-state index contributed by atoms with van der Waals surface area (Å²) in [5.74, 6) is -2.72. The molecular formula is C9H13F3N2O3. The summed E-state index contributed by atoms with van der Waals surface area (Å²) in [5, 5.41) is 4.52. The molecule has 8 heteroatoms. The fourth-order valence-electron chi connectivity index (χ4n) is 1.67. The lowest BCUT2D eigenvalue weighted by molar-refractivity contribution is -0.175. The Morgan fingerprint density at radius 1 is 1.41 bits per heavy atom. The van der Waals surface area contributed by atoms with E-state index in [0.29, 0.717) is 19.4 Å². The predicted molar refractivity (Wildman–Crippen MR) is 51.0 cm³/mol. The molecule has 0 aliphatic carbocycles. The summed E-state index contributed by atoms with van der Waals surface area (Å²) in [7, 11) is 1.14. The molecule has 1 fully saturated rings. The largest absolute Gasteiger partial charge is 0.471 e. The Bertz CT molecular complexity index is 306. The number of hydrogen-bond donors (Lipinski definition) is 2. The summed E-state index contributed by atoms with van der Waals surface area (Å²) >= 11 is 0. The third kappa shape index (κ3) is 3.58. The maximum Gasteiger partial charge on any atom is 0.471 e. The number of methoxy groups -OCH3 is 1. The van der Waals surface area contributed by atoms with Crippen molar-refractivity contribution in [2.45, 2.75) is 31.1 Å². The van der Waals surface area contributed by atoms with Crippen LogP contribution in [0, 0.1) is 0 Å². The van der Waals surface area contributed by atoms with Crippen LogP contribution in [-0.4, -0.2) is 43.8 Å². The third-order valence-electron chi connectivity index (χ3n) is 2.49. The average Bonchev–Trinajstić information content (AvgIpc) is 2.27. The number of halogens is 3. The van der Waals surface area contributed by atoms with Crippen molar-refractivity contribution in [1.82, 2.24) is 10.6 Å². The molecule has 0 aromatic heterocycles. The van der Waals surface area contributed by atoms with Crippen LogP contribution in [0.2, 0.25) is 0 Å². The standard InChI is InChI=1S/C9H13F3N2O3/c1-17-7(15)6-5(3-2-4-13-6)14-8(16)9(10,11)12/h5-6,13H,2-4H2,1H3,(H,14,16)/t5-,6-/m1/s1. The Labute approximate surface area is 95.7 Å². The molecule has 0 unspecified atom stereocenters. The van der Waals surface area contributed by atoms with E-state index < -0.39 is 30.1 Å². The fourth-order valence-corrected chi connectivity index (χ4v) is 1.67. The van der Waals surface area contributed by atoms with E-state index in [1.165, 1.54) is 0 Å². The third-order valence-corrected chi connectivity index (χ3v) is 2.49. The lowest BCUT2D eigenvalue weighted by atomic mass is 9.98. The zero-order valence-corrected chi connectivity index (χ0v) is 9.13. The molecule has 5 nitrogen and oxygen atoms in total. The topological polar surface area (TPSA) is 67.4 Å². The summed E-state index contributed by atoms with van der Waals surface area (Å²) in [4.78, 5) is 22.1. The fraction of sp³-hybridized carbons (Fsp3) is 0.778. The first-order valence-corrected chi connectivity index (χ1v) is 5.05. The summed E-state index contributed by atoms with van der Waals surface area (Å²) in [5.41, 5.74) is 0. The van der Waals surface area contributed by atoms with Gasteiger partial charge >= 0.3 is 18.1 Å². The molecule has 1 amide bonds. The molecule has 0 spiro atoms. The highest BCUT2D eigenvalue weighted by atomic mass is 19.4. The highest BCUT2D eigenvalue weighted by Gasteiger charge is 2.42. The van der Waals surface area contributed by atoms with Gasteiger partial charge in [0, 0.05) is 0 Å². The van der Waals surface area contributed by atoms with Crippen molar-refractivity contribution in [2.24, 2.45) is 0 Å². The van der Waals surface area contributed by atoms with Crippen LogP contribution >= 0.6 is 0 Å². The number of rotatable bonds is 2. The van der Waals surface area contributed by atoms with E-state index in [9.17, 15) is 22.8 Å². The second-order valence-corrected chi connectivity index (χ2v) is 3.67. The molecule has 1 heterocycles. The molecule has 1 aliphatic rings. The van der Waals surface area contributed by atoms with Crippen LogP contribution in [0.3, 0.4) is 0 Å². The van der Waals surface area contributed by atoms with Gasteiger partial charge in [0.1, 0.15) is 6.04 Å². The second-order valence-electron chi connectivity index (χ2n) is 3.67. The minimum Gasteiger partial charge on any atom is -0.468 e. The van der Waals surface area contributed by atoms with Crippen molar-refractivity contribution in [3.05, 3.63) is 0 Å². The Balaban J connectivity index is 2.66. The van der Waals surface area contributed by atoms with Crippen LogP contribution in [0.4, 0.5) is 13.2 Å². The number of carbonyl (C=O) groups excluding carboxylic acids is 2. The van der Waals surface area contributed by atoms with E-state index in [1.807, 2.05) is 0 Å². The molecule has 1 aliphatic heterocycles. The number of ether oxygens (including phenoxy) is 1. The molecule has 2 atom stereocenters. The summed E-state index contributed by atoms with van der Waals surface area (Å²) in [6, 6.07) is -1.83. The molecule has 0 aromatic rings. The average molecular weight is 254 g/mol. The lowest BCUT2D eigenvalue weighted by Crippen LogP contribution is -2.59. The monoisotopic (exact) mass is 254 g/mol. The van der Waals surface area contributed by atoms with Crippen molar-refractivity contribution in [1.29, 1.82) is 0 Å². The van der Waals surface area contributed by atoms with E-state index in [2.05, 4.69) is 10.1 Å². The minimum atomic E-state index is -4.95. The van der Waals surface area contributed by atoms with Gasteiger partial charge in [-0.2, -0.15) is 13.2 Å². The highest BCUT2D eigenvalue weighted by Crippen LogP contribution is 2.17. The van der Waals surface area contributed by atoms with Gasteiger partial charge in [-0.25, -0.2) is 0 Å². The van der Waals surface area contributed by atoms with Gasteiger partial charge in [0.15, 0.2) is 0 Å². The first-order valence-electron chi connectivity index (χ1n) is 5.05.